The van der Waals surface area contributed by atoms with Gasteiger partial charge in [-0.05, 0) is 0 Å². The third kappa shape index (κ3) is 15.7. The van der Waals surface area contributed by atoms with Crippen LogP contribution in [0.4, 0.5) is 0 Å². The highest BCUT2D eigenvalue weighted by molar-refractivity contribution is 6.43. The zero-order chi connectivity index (χ0) is 8.57. The lowest BCUT2D eigenvalue weighted by molar-refractivity contribution is 1.54. The van der Waals surface area contributed by atoms with E-state index in [0.717, 1.165) is 0 Å². The van der Waals surface area contributed by atoms with E-state index < -0.39 is 0 Å². The van der Waals surface area contributed by atoms with Crippen molar-refractivity contribution in [2.45, 2.75) is 0 Å². The molecule has 0 fully saturated rings. The van der Waals surface area contributed by atoms with Gasteiger partial charge in [-0.2, -0.15) is 5.26 Å². The molecule has 0 spiro atoms. The zero-order valence-corrected chi connectivity index (χ0v) is 6.91. The number of allylic oxidation sites excluding steroid dienone is 3. The predicted molar refractivity (Wildman–Crippen MR) is 45.8 cm³/mol. The van der Waals surface area contributed by atoms with E-state index in [4.69, 9.17) is 28.5 Å². The smallest absolute Gasteiger partial charge is 0.0905 e. The largest absolute Gasteiger partial charge is 0.193 e. The van der Waals surface area contributed by atoms with Gasteiger partial charge in [0.15, 0.2) is 0 Å². The molecule has 0 aromatic carbocycles. The molecule has 1 nitrogen and oxygen atoms in total. The van der Waals surface area contributed by atoms with Crippen LogP contribution >= 0.6 is 23.2 Å². The Balaban J connectivity index is 0. The zero-order valence-electron chi connectivity index (χ0n) is 5.40. The quantitative estimate of drug-likeness (QED) is 0.444. The Labute approximate surface area is 70.9 Å². The van der Waals surface area contributed by atoms with Crippen LogP contribution in [0.1, 0.15) is 0 Å². The highest BCUT2D eigenvalue weighted by atomic mass is 35.5. The average molecular weight is 176 g/mol. The van der Waals surface area contributed by atoms with Gasteiger partial charge in [0.05, 0.1) is 16.1 Å². The number of nitrogens with zero attached hydrogens (tertiary/aromatic N) is 1. The number of halogens is 2. The van der Waals surface area contributed by atoms with Crippen molar-refractivity contribution in [3.05, 3.63) is 35.9 Å². The summed E-state index contributed by atoms with van der Waals surface area (Å²) in [5.74, 6) is 0. The normalized spacial score (nSPS) is 6.10. The van der Waals surface area contributed by atoms with E-state index in [1.807, 2.05) is 0 Å². The summed E-state index contributed by atoms with van der Waals surface area (Å²) in [6.45, 7) is 9.70. The Hall–Kier alpha value is -0.710. The first kappa shape index (κ1) is 12.0. The molecule has 0 bridgehead atoms. The molecule has 0 aliphatic carbocycles. The van der Waals surface area contributed by atoms with E-state index in [-0.39, 0.29) is 0 Å². The molecule has 0 amide bonds. The molecule has 0 saturated carbocycles. The molecule has 10 heavy (non-hydrogen) atoms. The van der Waals surface area contributed by atoms with E-state index >= 15 is 0 Å². The lowest BCUT2D eigenvalue weighted by atomic mass is 10.6. The molecule has 0 radical (unpaired) electrons. The molecule has 54 valence electrons. The Morgan fingerprint density at radius 3 is 1.50 bits per heavy atom. The van der Waals surface area contributed by atoms with Gasteiger partial charge < -0.3 is 0 Å². The van der Waals surface area contributed by atoms with E-state index in [9.17, 15) is 0 Å². The molecule has 0 N–H and O–H groups in total. The third-order valence-corrected chi connectivity index (χ3v) is 0.939. The maximum Gasteiger partial charge on any atom is 0.0905 e. The van der Waals surface area contributed by atoms with Crippen LogP contribution in [0, 0.1) is 11.3 Å². The summed E-state index contributed by atoms with van der Waals surface area (Å²) >= 11 is 10.4. The average Bonchev–Trinajstić information content (AvgIpc) is 1.89. The molecular formula is C7H7Cl2N. The molecule has 0 saturated heterocycles. The minimum atomic E-state index is 0.302. The Kier molecular flexibility index (Phi) is 9.96. The maximum atomic E-state index is 7.51. The summed E-state index contributed by atoms with van der Waals surface area (Å²) in [6.07, 6.45) is 1.18. The molecule has 0 aliphatic rings. The van der Waals surface area contributed by atoms with Gasteiger partial charge in [-0.1, -0.05) is 42.9 Å². The topological polar surface area (TPSA) is 23.8 Å². The third-order valence-electron chi connectivity index (χ3n) is 0.386. The molecule has 0 atom stereocenters. The molecule has 0 unspecified atom stereocenters. The van der Waals surface area contributed by atoms with Gasteiger partial charge in [0.2, 0.25) is 0 Å². The van der Waals surface area contributed by atoms with Crippen molar-refractivity contribution < 1.29 is 0 Å². The van der Waals surface area contributed by atoms with Gasteiger partial charge in [-0.3, -0.25) is 0 Å². The minimum Gasteiger partial charge on any atom is -0.193 e. The van der Waals surface area contributed by atoms with Crippen molar-refractivity contribution in [3.8, 4) is 6.07 Å². The molecule has 0 heterocycles. The highest BCUT2D eigenvalue weighted by Gasteiger charge is 1.84. The number of hydrogen-bond donors (Lipinski definition) is 0. The minimum absolute atomic E-state index is 0.302. The van der Waals surface area contributed by atoms with Gasteiger partial charge in [-0.25, -0.2) is 0 Å². The van der Waals surface area contributed by atoms with E-state index in [1.165, 1.54) is 6.08 Å². The fourth-order valence-corrected chi connectivity index (χ4v) is 0. The second kappa shape index (κ2) is 8.29. The molecule has 0 aliphatic heterocycles. The Morgan fingerprint density at radius 2 is 1.50 bits per heavy atom. The molecule has 0 aromatic heterocycles. The lowest BCUT2D eigenvalue weighted by Crippen LogP contribution is -1.57. The van der Waals surface area contributed by atoms with Crippen molar-refractivity contribution in [1.29, 1.82) is 5.26 Å². The van der Waals surface area contributed by atoms with Crippen LogP contribution < -0.4 is 0 Å². The van der Waals surface area contributed by atoms with Crippen LogP contribution in [0.15, 0.2) is 35.9 Å². The van der Waals surface area contributed by atoms with Gasteiger partial charge >= 0.3 is 0 Å². The Bertz CT molecular complexity index is 165. The van der Waals surface area contributed by atoms with Crippen LogP contribution in [-0.2, 0) is 0 Å². The molecule has 0 rings (SSSR count). The standard InChI is InChI=1S/C4H4Cl2.C3H3N/c1-3(5)4(2)6;1-2-3-4/h1-2H2;2H,1H2. The van der Waals surface area contributed by atoms with Crippen molar-refractivity contribution in [2.24, 2.45) is 0 Å². The van der Waals surface area contributed by atoms with Crippen molar-refractivity contribution in [2.75, 3.05) is 0 Å². The number of hydrogen-bond acceptors (Lipinski definition) is 1. The van der Waals surface area contributed by atoms with Gasteiger partial charge in [-0.15, -0.1) is 0 Å². The van der Waals surface area contributed by atoms with Crippen LogP contribution in [0.25, 0.3) is 0 Å². The van der Waals surface area contributed by atoms with Crippen molar-refractivity contribution >= 4 is 23.2 Å². The summed E-state index contributed by atoms with van der Waals surface area (Å²) in [5, 5.41) is 8.11. The summed E-state index contributed by atoms with van der Waals surface area (Å²) in [5.41, 5.74) is 0. The maximum absolute atomic E-state index is 7.51. The second-order valence-corrected chi connectivity index (χ2v) is 2.06. The summed E-state index contributed by atoms with van der Waals surface area (Å²) in [4.78, 5) is 0. The predicted octanol–water partition coefficient (Wildman–Crippen LogP) is 3.19. The van der Waals surface area contributed by atoms with Crippen molar-refractivity contribution in [3.63, 3.8) is 0 Å². The van der Waals surface area contributed by atoms with E-state index in [0.29, 0.717) is 10.1 Å². The highest BCUT2D eigenvalue weighted by Crippen LogP contribution is 2.12. The first-order valence-corrected chi connectivity index (χ1v) is 3.01. The monoisotopic (exact) mass is 175 g/mol. The van der Waals surface area contributed by atoms with Crippen LogP contribution in [0.2, 0.25) is 0 Å². The van der Waals surface area contributed by atoms with Crippen molar-refractivity contribution in [1.82, 2.24) is 0 Å². The number of rotatable bonds is 1. The first-order chi connectivity index (χ1) is 4.56. The SMILES string of the molecule is C=C(Cl)C(=C)Cl.C=CC#N. The fraction of sp³-hybridized carbons (Fsp3) is 0. The fourth-order valence-electron chi connectivity index (χ4n) is 0. The molecule has 3 heteroatoms. The van der Waals surface area contributed by atoms with Gasteiger partial charge in [0.25, 0.3) is 0 Å². The lowest BCUT2D eigenvalue weighted by Gasteiger charge is -1.81. The van der Waals surface area contributed by atoms with Gasteiger partial charge in [0.1, 0.15) is 0 Å². The van der Waals surface area contributed by atoms with E-state index in [2.05, 4.69) is 19.7 Å². The summed E-state index contributed by atoms with van der Waals surface area (Å²) in [6, 6.07) is 1.69. The first-order valence-electron chi connectivity index (χ1n) is 2.26. The van der Waals surface area contributed by atoms with Gasteiger partial charge in [0, 0.05) is 6.08 Å². The number of nitriles is 1. The second-order valence-electron chi connectivity index (χ2n) is 1.14. The van der Waals surface area contributed by atoms with E-state index in [1.54, 1.807) is 6.07 Å². The summed E-state index contributed by atoms with van der Waals surface area (Å²) < 4.78 is 0. The van der Waals surface area contributed by atoms with Crippen LogP contribution in [0.3, 0.4) is 0 Å². The van der Waals surface area contributed by atoms with Crippen LogP contribution in [0.5, 0.6) is 0 Å². The Morgan fingerprint density at radius 1 is 1.30 bits per heavy atom. The molecule has 0 aromatic rings. The summed E-state index contributed by atoms with van der Waals surface area (Å²) in [7, 11) is 0. The molecular weight excluding hydrogens is 169 g/mol. The van der Waals surface area contributed by atoms with Crippen LogP contribution in [-0.4, -0.2) is 0 Å².